The van der Waals surface area contributed by atoms with Gasteiger partial charge in [0.25, 0.3) is 0 Å². The van der Waals surface area contributed by atoms with Crippen molar-refractivity contribution in [2.24, 2.45) is 11.1 Å². The number of nitrogens with zero attached hydrogens (tertiary/aromatic N) is 1. The van der Waals surface area contributed by atoms with Crippen LogP contribution in [0.3, 0.4) is 0 Å². The minimum atomic E-state index is 0.223. The molecular weight excluding hydrogens is 293 g/mol. The molecule has 0 aliphatic carbocycles. The summed E-state index contributed by atoms with van der Waals surface area (Å²) in [5.41, 5.74) is 1.81. The number of benzene rings is 2. The van der Waals surface area contributed by atoms with Crippen LogP contribution in [-0.2, 0) is 0 Å². The summed E-state index contributed by atoms with van der Waals surface area (Å²) < 4.78 is 0. The van der Waals surface area contributed by atoms with E-state index >= 15 is 0 Å². The molecule has 0 radical (unpaired) electrons. The first-order valence-corrected chi connectivity index (χ1v) is 7.08. The van der Waals surface area contributed by atoms with Gasteiger partial charge in [-0.25, -0.2) is 0 Å². The van der Waals surface area contributed by atoms with Crippen molar-refractivity contribution in [1.82, 2.24) is 0 Å². The van der Waals surface area contributed by atoms with Gasteiger partial charge in [0.2, 0.25) is 0 Å². The van der Waals surface area contributed by atoms with Gasteiger partial charge in [0, 0.05) is 15.6 Å². The minimum Gasteiger partial charge on any atom is -0.357 e. The van der Waals surface area contributed by atoms with Crippen molar-refractivity contribution in [2.45, 2.75) is 13.8 Å². The Labute approximate surface area is 129 Å². The van der Waals surface area contributed by atoms with Crippen molar-refractivity contribution >= 4 is 28.9 Å². The molecule has 0 aliphatic heterocycles. The summed E-state index contributed by atoms with van der Waals surface area (Å²) in [6, 6.07) is 14.7. The molecule has 0 fully saturated rings. The Morgan fingerprint density at radius 3 is 2.30 bits per heavy atom. The summed E-state index contributed by atoms with van der Waals surface area (Å²) in [5, 5.41) is 5.60. The fraction of sp³-hybridized carbons (Fsp3) is 0.188. The Morgan fingerprint density at radius 1 is 1.00 bits per heavy atom. The Hall–Kier alpha value is -1.51. The van der Waals surface area contributed by atoms with Gasteiger partial charge in [-0.3, -0.25) is 0 Å². The predicted octanol–water partition coefficient (Wildman–Crippen LogP) is 5.43. The Morgan fingerprint density at radius 2 is 1.70 bits per heavy atom. The van der Waals surface area contributed by atoms with Crippen molar-refractivity contribution < 1.29 is 4.84 Å². The summed E-state index contributed by atoms with van der Waals surface area (Å²) in [6.45, 7) is 4.12. The second-order valence-corrected chi connectivity index (χ2v) is 5.56. The smallest absolute Gasteiger partial charge is 0.158 e. The van der Waals surface area contributed by atoms with E-state index < -0.39 is 0 Å². The molecule has 2 nitrogen and oxygen atoms in total. The van der Waals surface area contributed by atoms with Crippen molar-refractivity contribution in [2.75, 3.05) is 0 Å². The van der Waals surface area contributed by atoms with Gasteiger partial charge in [-0.15, -0.1) is 0 Å². The van der Waals surface area contributed by atoms with E-state index in [-0.39, 0.29) is 5.92 Å². The fourth-order valence-corrected chi connectivity index (χ4v) is 2.05. The van der Waals surface area contributed by atoms with E-state index in [0.29, 0.717) is 15.8 Å². The van der Waals surface area contributed by atoms with Gasteiger partial charge in [-0.05, 0) is 42.3 Å². The van der Waals surface area contributed by atoms with E-state index in [4.69, 9.17) is 28.0 Å². The van der Waals surface area contributed by atoms with E-state index in [2.05, 4.69) is 19.0 Å². The fourth-order valence-electron chi connectivity index (χ4n) is 1.74. The zero-order valence-corrected chi connectivity index (χ0v) is 12.8. The van der Waals surface area contributed by atoms with Crippen LogP contribution < -0.4 is 4.84 Å². The Balaban J connectivity index is 2.24. The molecule has 2 aromatic carbocycles. The molecule has 0 bridgehead atoms. The van der Waals surface area contributed by atoms with Gasteiger partial charge in [-0.1, -0.05) is 54.3 Å². The van der Waals surface area contributed by atoms with Crippen LogP contribution in [0, 0.1) is 5.92 Å². The lowest BCUT2D eigenvalue weighted by molar-refractivity contribution is 0.338. The maximum atomic E-state index is 6.02. The number of hydrogen-bond acceptors (Lipinski definition) is 2. The van der Waals surface area contributed by atoms with E-state index in [1.165, 1.54) is 0 Å². The van der Waals surface area contributed by atoms with Gasteiger partial charge >= 0.3 is 0 Å². The Bertz CT molecular complexity index is 606. The number of rotatable bonds is 4. The zero-order chi connectivity index (χ0) is 14.5. The van der Waals surface area contributed by atoms with Crippen molar-refractivity contribution in [3.8, 4) is 5.75 Å². The van der Waals surface area contributed by atoms with Crippen molar-refractivity contribution in [3.63, 3.8) is 0 Å². The van der Waals surface area contributed by atoms with Crippen LogP contribution in [0.2, 0.25) is 10.0 Å². The first-order chi connectivity index (χ1) is 9.56. The van der Waals surface area contributed by atoms with Gasteiger partial charge in [0.15, 0.2) is 5.75 Å². The summed E-state index contributed by atoms with van der Waals surface area (Å²) in [4.78, 5) is 5.46. The predicted molar refractivity (Wildman–Crippen MR) is 84.9 cm³/mol. The van der Waals surface area contributed by atoms with Crippen molar-refractivity contribution in [3.05, 3.63) is 64.1 Å². The summed E-state index contributed by atoms with van der Waals surface area (Å²) in [7, 11) is 0. The van der Waals surface area contributed by atoms with Crippen LogP contribution >= 0.6 is 23.2 Å². The number of halogens is 2. The van der Waals surface area contributed by atoms with E-state index in [1.807, 2.05) is 24.3 Å². The highest BCUT2D eigenvalue weighted by molar-refractivity contribution is 6.31. The third-order valence-electron chi connectivity index (χ3n) is 2.73. The molecule has 0 saturated heterocycles. The molecule has 0 atom stereocenters. The highest BCUT2D eigenvalue weighted by Crippen LogP contribution is 2.18. The van der Waals surface area contributed by atoms with Crippen LogP contribution in [0.5, 0.6) is 5.75 Å². The first kappa shape index (κ1) is 14.9. The standard InChI is InChI=1S/C16H15Cl2NO/c1-11(2)16(12-4-3-5-14(18)10-12)19-20-15-8-6-13(17)7-9-15/h3-11H,1-2H3. The lowest BCUT2D eigenvalue weighted by Gasteiger charge is -2.10. The maximum Gasteiger partial charge on any atom is 0.158 e. The zero-order valence-electron chi connectivity index (χ0n) is 11.3. The summed E-state index contributed by atoms with van der Waals surface area (Å²) in [5.74, 6) is 0.871. The summed E-state index contributed by atoms with van der Waals surface area (Å²) in [6.07, 6.45) is 0. The second kappa shape index (κ2) is 6.78. The Kier molecular flexibility index (Phi) is 5.05. The van der Waals surface area contributed by atoms with Gasteiger partial charge < -0.3 is 4.84 Å². The molecule has 0 heterocycles. The molecule has 2 aromatic rings. The monoisotopic (exact) mass is 307 g/mol. The third kappa shape index (κ3) is 3.99. The third-order valence-corrected chi connectivity index (χ3v) is 3.22. The molecule has 0 saturated carbocycles. The quantitative estimate of drug-likeness (QED) is 0.545. The number of oxime groups is 1. The van der Waals surface area contributed by atoms with Crippen molar-refractivity contribution in [1.29, 1.82) is 0 Å². The first-order valence-electron chi connectivity index (χ1n) is 6.32. The maximum absolute atomic E-state index is 6.02. The highest BCUT2D eigenvalue weighted by Gasteiger charge is 2.10. The van der Waals surface area contributed by atoms with Crippen LogP contribution in [0.4, 0.5) is 0 Å². The molecule has 0 aliphatic rings. The van der Waals surface area contributed by atoms with Gasteiger partial charge in [-0.2, -0.15) is 0 Å². The highest BCUT2D eigenvalue weighted by atomic mass is 35.5. The lowest BCUT2D eigenvalue weighted by atomic mass is 10.0. The SMILES string of the molecule is CC(C)C(=NOc1ccc(Cl)cc1)c1cccc(Cl)c1. The van der Waals surface area contributed by atoms with E-state index in [1.54, 1.807) is 24.3 Å². The average molecular weight is 308 g/mol. The molecule has 20 heavy (non-hydrogen) atoms. The second-order valence-electron chi connectivity index (χ2n) is 4.69. The van der Waals surface area contributed by atoms with Gasteiger partial charge in [0.05, 0.1) is 5.71 Å². The van der Waals surface area contributed by atoms with E-state index in [0.717, 1.165) is 11.3 Å². The van der Waals surface area contributed by atoms with Crippen LogP contribution in [0.1, 0.15) is 19.4 Å². The lowest BCUT2D eigenvalue weighted by Crippen LogP contribution is -2.11. The van der Waals surface area contributed by atoms with Crippen LogP contribution in [0.25, 0.3) is 0 Å². The average Bonchev–Trinajstić information content (AvgIpc) is 2.41. The van der Waals surface area contributed by atoms with E-state index in [9.17, 15) is 0 Å². The largest absolute Gasteiger partial charge is 0.357 e. The molecule has 0 unspecified atom stereocenters. The molecule has 104 valence electrons. The molecule has 0 N–H and O–H groups in total. The summed E-state index contributed by atoms with van der Waals surface area (Å²) >= 11 is 11.8. The minimum absolute atomic E-state index is 0.223. The van der Waals surface area contributed by atoms with Gasteiger partial charge in [0.1, 0.15) is 0 Å². The normalized spacial score (nSPS) is 11.8. The van der Waals surface area contributed by atoms with Crippen LogP contribution in [0.15, 0.2) is 53.7 Å². The molecular formula is C16H15Cl2NO. The molecule has 0 spiro atoms. The molecule has 4 heteroatoms. The van der Waals surface area contributed by atoms with Crippen LogP contribution in [-0.4, -0.2) is 5.71 Å². The topological polar surface area (TPSA) is 21.6 Å². The molecule has 0 amide bonds. The number of hydrogen-bond donors (Lipinski definition) is 0. The molecule has 0 aromatic heterocycles. The molecule has 2 rings (SSSR count).